The third-order valence-electron chi connectivity index (χ3n) is 1.69. The molecule has 0 spiro atoms. The number of nitrogens with two attached hydrogens (primary N) is 1. The number of alkyl halides is 2. The van der Waals surface area contributed by atoms with Crippen molar-refractivity contribution in [3.05, 3.63) is 12.3 Å². The molecule has 78 valence electrons. The van der Waals surface area contributed by atoms with E-state index in [-0.39, 0.29) is 5.95 Å². The van der Waals surface area contributed by atoms with Gasteiger partial charge in [0.15, 0.2) is 0 Å². The fourth-order valence-corrected chi connectivity index (χ4v) is 1.49. The molecule has 0 radical (unpaired) electrons. The first kappa shape index (κ1) is 11.3. The smallest absolute Gasteiger partial charge is 0.221 e. The van der Waals surface area contributed by atoms with Crippen LogP contribution in [0.25, 0.3) is 0 Å². The van der Waals surface area contributed by atoms with Gasteiger partial charge in [-0.2, -0.15) is 4.98 Å². The summed E-state index contributed by atoms with van der Waals surface area (Å²) in [6.45, 7) is 1.40. The third-order valence-corrected chi connectivity index (χ3v) is 2.03. The van der Waals surface area contributed by atoms with Gasteiger partial charge in [0, 0.05) is 31.0 Å². The molecule has 0 unspecified atom stereocenters. The Morgan fingerprint density at radius 3 is 2.43 bits per heavy atom. The summed E-state index contributed by atoms with van der Waals surface area (Å²) < 4.78 is 0. The van der Waals surface area contributed by atoms with Crippen LogP contribution < -0.4 is 10.6 Å². The number of hydrogen-bond donors (Lipinski definition) is 1. The molecule has 0 aliphatic carbocycles. The Labute approximate surface area is 93.0 Å². The van der Waals surface area contributed by atoms with Crippen LogP contribution in [0.5, 0.6) is 0 Å². The zero-order chi connectivity index (χ0) is 10.4. The number of anilines is 2. The van der Waals surface area contributed by atoms with E-state index in [1.807, 2.05) is 4.90 Å². The van der Waals surface area contributed by atoms with Gasteiger partial charge in [-0.3, -0.25) is 0 Å². The SMILES string of the molecule is Nc1nccc(N(CCCl)CCCl)n1. The van der Waals surface area contributed by atoms with Crippen LogP contribution in [0.2, 0.25) is 0 Å². The molecule has 1 aromatic rings. The third kappa shape index (κ3) is 3.20. The predicted octanol–water partition coefficient (Wildman–Crippen LogP) is 1.34. The van der Waals surface area contributed by atoms with Crippen molar-refractivity contribution in [3.8, 4) is 0 Å². The highest BCUT2D eigenvalue weighted by molar-refractivity contribution is 6.18. The van der Waals surface area contributed by atoms with Gasteiger partial charge in [0.2, 0.25) is 5.95 Å². The van der Waals surface area contributed by atoms with E-state index < -0.39 is 0 Å². The summed E-state index contributed by atoms with van der Waals surface area (Å²) in [5, 5.41) is 0. The van der Waals surface area contributed by atoms with Gasteiger partial charge in [-0.15, -0.1) is 23.2 Å². The first-order valence-corrected chi connectivity index (χ1v) is 5.30. The van der Waals surface area contributed by atoms with Crippen LogP contribution in [0.3, 0.4) is 0 Å². The van der Waals surface area contributed by atoms with Gasteiger partial charge in [0.05, 0.1) is 0 Å². The van der Waals surface area contributed by atoms with E-state index in [9.17, 15) is 0 Å². The zero-order valence-electron chi connectivity index (χ0n) is 7.66. The van der Waals surface area contributed by atoms with Crippen LogP contribution in [-0.2, 0) is 0 Å². The molecule has 1 rings (SSSR count). The summed E-state index contributed by atoms with van der Waals surface area (Å²) in [6.07, 6.45) is 1.62. The van der Waals surface area contributed by atoms with Crippen molar-refractivity contribution in [2.75, 3.05) is 35.5 Å². The Morgan fingerprint density at radius 1 is 1.29 bits per heavy atom. The van der Waals surface area contributed by atoms with Crippen LogP contribution in [0.4, 0.5) is 11.8 Å². The molecule has 4 nitrogen and oxygen atoms in total. The second-order valence-electron chi connectivity index (χ2n) is 2.64. The highest BCUT2D eigenvalue weighted by atomic mass is 35.5. The molecular weight excluding hydrogens is 223 g/mol. The van der Waals surface area contributed by atoms with Crippen molar-refractivity contribution in [2.24, 2.45) is 0 Å². The topological polar surface area (TPSA) is 55.0 Å². The van der Waals surface area contributed by atoms with Crippen molar-refractivity contribution < 1.29 is 0 Å². The number of nitrogen functional groups attached to an aromatic ring is 1. The molecule has 6 heteroatoms. The van der Waals surface area contributed by atoms with Gasteiger partial charge >= 0.3 is 0 Å². The second kappa shape index (κ2) is 5.88. The minimum absolute atomic E-state index is 0.261. The lowest BCUT2D eigenvalue weighted by Gasteiger charge is -2.21. The summed E-state index contributed by atoms with van der Waals surface area (Å²) >= 11 is 11.3. The van der Waals surface area contributed by atoms with E-state index in [1.165, 1.54) is 0 Å². The van der Waals surface area contributed by atoms with Crippen LogP contribution >= 0.6 is 23.2 Å². The lowest BCUT2D eigenvalue weighted by atomic mass is 10.4. The largest absolute Gasteiger partial charge is 0.368 e. The Bertz CT molecular complexity index is 276. The van der Waals surface area contributed by atoms with Crippen molar-refractivity contribution in [2.45, 2.75) is 0 Å². The molecule has 0 aromatic carbocycles. The monoisotopic (exact) mass is 234 g/mol. The van der Waals surface area contributed by atoms with Crippen molar-refractivity contribution >= 4 is 35.0 Å². The molecule has 14 heavy (non-hydrogen) atoms. The van der Waals surface area contributed by atoms with Crippen LogP contribution in [0.1, 0.15) is 0 Å². The minimum Gasteiger partial charge on any atom is -0.368 e. The average Bonchev–Trinajstić information content (AvgIpc) is 2.17. The normalized spacial score (nSPS) is 10.1. The van der Waals surface area contributed by atoms with E-state index in [4.69, 9.17) is 28.9 Å². The fraction of sp³-hybridized carbons (Fsp3) is 0.500. The molecule has 0 aliphatic heterocycles. The highest BCUT2D eigenvalue weighted by Gasteiger charge is 2.06. The molecule has 0 amide bonds. The van der Waals surface area contributed by atoms with Crippen LogP contribution in [0.15, 0.2) is 12.3 Å². The lowest BCUT2D eigenvalue weighted by molar-refractivity contribution is 0.850. The molecular formula is C8H12Cl2N4. The summed E-state index contributed by atoms with van der Waals surface area (Å²) in [6, 6.07) is 1.79. The number of nitrogens with zero attached hydrogens (tertiary/aromatic N) is 3. The number of rotatable bonds is 5. The van der Waals surface area contributed by atoms with Crippen molar-refractivity contribution in [1.29, 1.82) is 0 Å². The van der Waals surface area contributed by atoms with Gasteiger partial charge in [-0.1, -0.05) is 0 Å². The molecule has 0 saturated carbocycles. The second-order valence-corrected chi connectivity index (χ2v) is 3.39. The molecule has 0 atom stereocenters. The number of hydrogen-bond acceptors (Lipinski definition) is 4. The summed E-state index contributed by atoms with van der Waals surface area (Å²) in [5.41, 5.74) is 5.47. The standard InChI is InChI=1S/C8H12Cl2N4/c9-2-5-14(6-3-10)7-1-4-12-8(11)13-7/h1,4H,2-3,5-6H2,(H2,11,12,13). The zero-order valence-corrected chi connectivity index (χ0v) is 9.17. The first-order chi connectivity index (χ1) is 6.77. The van der Waals surface area contributed by atoms with Crippen LogP contribution in [0, 0.1) is 0 Å². The van der Waals surface area contributed by atoms with Crippen molar-refractivity contribution in [1.82, 2.24) is 9.97 Å². The summed E-state index contributed by atoms with van der Waals surface area (Å²) in [7, 11) is 0. The molecule has 0 fully saturated rings. The van der Waals surface area contributed by atoms with E-state index in [0.29, 0.717) is 24.8 Å². The van der Waals surface area contributed by atoms with E-state index in [0.717, 1.165) is 5.82 Å². The van der Waals surface area contributed by atoms with E-state index in [1.54, 1.807) is 12.3 Å². The average molecular weight is 235 g/mol. The number of aromatic nitrogens is 2. The van der Waals surface area contributed by atoms with Crippen LogP contribution in [-0.4, -0.2) is 34.8 Å². The van der Waals surface area contributed by atoms with Gasteiger partial charge in [0.1, 0.15) is 5.82 Å². The highest BCUT2D eigenvalue weighted by Crippen LogP contribution is 2.10. The molecule has 1 aromatic heterocycles. The van der Waals surface area contributed by atoms with Gasteiger partial charge in [-0.25, -0.2) is 4.98 Å². The van der Waals surface area contributed by atoms with E-state index in [2.05, 4.69) is 9.97 Å². The Hall–Kier alpha value is -0.740. The lowest BCUT2D eigenvalue weighted by Crippen LogP contribution is -2.28. The summed E-state index contributed by atoms with van der Waals surface area (Å²) in [5.74, 6) is 2.08. The first-order valence-electron chi connectivity index (χ1n) is 4.23. The quantitative estimate of drug-likeness (QED) is 0.782. The van der Waals surface area contributed by atoms with Crippen molar-refractivity contribution in [3.63, 3.8) is 0 Å². The van der Waals surface area contributed by atoms with Gasteiger partial charge in [0.25, 0.3) is 0 Å². The predicted molar refractivity (Wildman–Crippen MR) is 60.1 cm³/mol. The molecule has 0 aliphatic rings. The van der Waals surface area contributed by atoms with Gasteiger partial charge in [-0.05, 0) is 6.07 Å². The maximum atomic E-state index is 5.66. The molecule has 2 N–H and O–H groups in total. The van der Waals surface area contributed by atoms with Gasteiger partial charge < -0.3 is 10.6 Å². The Balaban J connectivity index is 2.75. The molecule has 1 heterocycles. The number of halogens is 2. The maximum absolute atomic E-state index is 5.66. The fourth-order valence-electron chi connectivity index (χ4n) is 1.08. The van der Waals surface area contributed by atoms with E-state index >= 15 is 0 Å². The molecule has 0 bridgehead atoms. The molecule has 0 saturated heterocycles. The Morgan fingerprint density at radius 2 is 1.93 bits per heavy atom. The minimum atomic E-state index is 0.261. The summed E-state index contributed by atoms with van der Waals surface area (Å²) in [4.78, 5) is 9.87. The maximum Gasteiger partial charge on any atom is 0.221 e. The Kier molecular flexibility index (Phi) is 4.76.